The molecule has 0 amide bonds. The zero-order valence-electron chi connectivity index (χ0n) is 10.5. The molecule has 1 aromatic heterocycles. The number of aromatic nitrogens is 2. The van der Waals surface area contributed by atoms with Gasteiger partial charge in [0.1, 0.15) is 11.6 Å². The Bertz CT molecular complexity index is 753. The molecule has 3 aromatic rings. The van der Waals surface area contributed by atoms with Crippen molar-refractivity contribution in [3.8, 4) is 0 Å². The maximum atomic E-state index is 13.5. The maximum absolute atomic E-state index is 13.5. The maximum Gasteiger partial charge on any atom is 0.144 e. The van der Waals surface area contributed by atoms with Crippen molar-refractivity contribution in [1.29, 1.82) is 0 Å². The van der Waals surface area contributed by atoms with Crippen LogP contribution >= 0.6 is 23.2 Å². The molecule has 2 aromatic carbocycles. The number of imidazole rings is 1. The second-order valence-corrected chi connectivity index (χ2v) is 5.16. The zero-order valence-corrected chi connectivity index (χ0v) is 12.0. The number of rotatable bonds is 3. The van der Waals surface area contributed by atoms with Crippen molar-refractivity contribution in [3.63, 3.8) is 0 Å². The first kappa shape index (κ1) is 13.4. The van der Waals surface area contributed by atoms with Crippen molar-refractivity contribution in [2.45, 2.75) is 12.4 Å². The lowest BCUT2D eigenvalue weighted by Crippen LogP contribution is -2.03. The third kappa shape index (κ3) is 2.39. The second kappa shape index (κ2) is 5.43. The molecule has 0 fully saturated rings. The molecular formula is C15H11Cl2FN2. The van der Waals surface area contributed by atoms with E-state index in [1.165, 1.54) is 6.07 Å². The van der Waals surface area contributed by atoms with Crippen LogP contribution in [0.25, 0.3) is 11.0 Å². The number of nitrogens with zero attached hydrogens (tertiary/aromatic N) is 2. The highest BCUT2D eigenvalue weighted by Crippen LogP contribution is 2.25. The van der Waals surface area contributed by atoms with Crippen LogP contribution in [-0.4, -0.2) is 9.55 Å². The highest BCUT2D eigenvalue weighted by atomic mass is 35.5. The molecule has 0 aliphatic rings. The lowest BCUT2D eigenvalue weighted by atomic mass is 10.2. The first-order valence-corrected chi connectivity index (χ1v) is 7.04. The number of alkyl halides is 1. The summed E-state index contributed by atoms with van der Waals surface area (Å²) < 4.78 is 15.5. The molecule has 2 nitrogen and oxygen atoms in total. The van der Waals surface area contributed by atoms with E-state index in [2.05, 4.69) is 4.98 Å². The van der Waals surface area contributed by atoms with Gasteiger partial charge >= 0.3 is 0 Å². The van der Waals surface area contributed by atoms with Crippen LogP contribution in [0.4, 0.5) is 4.39 Å². The number of fused-ring (bicyclic) bond motifs is 1. The number of hydrogen-bond donors (Lipinski definition) is 0. The van der Waals surface area contributed by atoms with Gasteiger partial charge in [-0.25, -0.2) is 9.37 Å². The van der Waals surface area contributed by atoms with E-state index >= 15 is 0 Å². The van der Waals surface area contributed by atoms with E-state index < -0.39 is 5.82 Å². The smallest absolute Gasteiger partial charge is 0.144 e. The summed E-state index contributed by atoms with van der Waals surface area (Å²) >= 11 is 11.8. The van der Waals surface area contributed by atoms with Crippen molar-refractivity contribution in [3.05, 3.63) is 64.7 Å². The molecular weight excluding hydrogens is 298 g/mol. The summed E-state index contributed by atoms with van der Waals surface area (Å²) in [5, 5.41) is 0.0906. The van der Waals surface area contributed by atoms with Crippen LogP contribution in [-0.2, 0) is 12.4 Å². The van der Waals surface area contributed by atoms with Crippen molar-refractivity contribution in [2.24, 2.45) is 0 Å². The molecule has 0 saturated heterocycles. The lowest BCUT2D eigenvalue weighted by molar-refractivity contribution is 0.629. The lowest BCUT2D eigenvalue weighted by Gasteiger charge is -2.08. The van der Waals surface area contributed by atoms with Gasteiger partial charge in [0.2, 0.25) is 0 Å². The largest absolute Gasteiger partial charge is 0.322 e. The minimum atomic E-state index is -0.468. The predicted octanol–water partition coefficient (Wildman–Crippen LogP) is 4.62. The van der Waals surface area contributed by atoms with Gasteiger partial charge in [0.15, 0.2) is 0 Å². The minimum absolute atomic E-state index is 0.0906. The summed E-state index contributed by atoms with van der Waals surface area (Å²) in [4.78, 5) is 4.36. The molecule has 0 unspecified atom stereocenters. The van der Waals surface area contributed by atoms with Gasteiger partial charge in [0.25, 0.3) is 0 Å². The molecule has 0 radical (unpaired) electrons. The van der Waals surface area contributed by atoms with Gasteiger partial charge in [0, 0.05) is 12.6 Å². The normalized spacial score (nSPS) is 11.2. The standard InChI is InChI=1S/C15H11Cl2FN2/c16-8-15-19-13-7-12(18)11(17)6-14(13)20(15)9-10-4-2-1-3-5-10/h1-7H,8-9H2. The van der Waals surface area contributed by atoms with Crippen molar-refractivity contribution in [2.75, 3.05) is 0 Å². The Hall–Kier alpha value is -1.58. The highest BCUT2D eigenvalue weighted by Gasteiger charge is 2.13. The Kier molecular flexibility index (Phi) is 3.64. The van der Waals surface area contributed by atoms with Crippen LogP contribution in [0.2, 0.25) is 5.02 Å². The molecule has 0 saturated carbocycles. The molecule has 0 spiro atoms. The number of benzene rings is 2. The number of halogens is 3. The summed E-state index contributed by atoms with van der Waals surface area (Å²) in [6.45, 7) is 0.626. The van der Waals surface area contributed by atoms with Crippen molar-refractivity contribution >= 4 is 34.2 Å². The van der Waals surface area contributed by atoms with E-state index in [1.807, 2.05) is 34.9 Å². The summed E-state index contributed by atoms with van der Waals surface area (Å²) in [6, 6.07) is 12.9. The molecule has 3 rings (SSSR count). The van der Waals surface area contributed by atoms with E-state index in [1.54, 1.807) is 6.07 Å². The van der Waals surface area contributed by atoms with Gasteiger partial charge in [-0.3, -0.25) is 0 Å². The van der Waals surface area contributed by atoms with E-state index in [4.69, 9.17) is 23.2 Å². The van der Waals surface area contributed by atoms with E-state index in [0.717, 1.165) is 11.1 Å². The van der Waals surface area contributed by atoms with Crippen LogP contribution < -0.4 is 0 Å². The molecule has 0 N–H and O–H groups in total. The van der Waals surface area contributed by atoms with Gasteiger partial charge in [-0.2, -0.15) is 0 Å². The Labute approximate surface area is 125 Å². The van der Waals surface area contributed by atoms with Gasteiger partial charge < -0.3 is 4.57 Å². The molecule has 0 bridgehead atoms. The second-order valence-electron chi connectivity index (χ2n) is 4.49. The van der Waals surface area contributed by atoms with Gasteiger partial charge in [0.05, 0.1) is 21.9 Å². The fourth-order valence-electron chi connectivity index (χ4n) is 2.21. The molecule has 20 heavy (non-hydrogen) atoms. The van der Waals surface area contributed by atoms with Gasteiger partial charge in [-0.15, -0.1) is 11.6 Å². The SMILES string of the molecule is Fc1cc2nc(CCl)n(Cc3ccccc3)c2cc1Cl. The van der Waals surface area contributed by atoms with Gasteiger partial charge in [-0.1, -0.05) is 41.9 Å². The molecule has 0 atom stereocenters. The average Bonchev–Trinajstić information content (AvgIpc) is 2.78. The topological polar surface area (TPSA) is 17.8 Å². The first-order valence-electron chi connectivity index (χ1n) is 6.13. The van der Waals surface area contributed by atoms with Crippen molar-refractivity contribution < 1.29 is 4.39 Å². The first-order chi connectivity index (χ1) is 9.69. The molecule has 0 aliphatic carbocycles. The predicted molar refractivity (Wildman–Crippen MR) is 79.8 cm³/mol. The van der Waals surface area contributed by atoms with E-state index in [9.17, 15) is 4.39 Å². The average molecular weight is 309 g/mol. The van der Waals surface area contributed by atoms with Crippen molar-refractivity contribution in [1.82, 2.24) is 9.55 Å². The Morgan fingerprint density at radius 2 is 1.90 bits per heavy atom. The van der Waals surface area contributed by atoms with Crippen LogP contribution in [0.5, 0.6) is 0 Å². The summed E-state index contributed by atoms with van der Waals surface area (Å²) in [5.74, 6) is 0.498. The van der Waals surface area contributed by atoms with Crippen LogP contribution in [0.1, 0.15) is 11.4 Å². The number of hydrogen-bond acceptors (Lipinski definition) is 1. The minimum Gasteiger partial charge on any atom is -0.322 e. The fourth-order valence-corrected chi connectivity index (χ4v) is 2.58. The Morgan fingerprint density at radius 3 is 2.60 bits per heavy atom. The fraction of sp³-hybridized carbons (Fsp3) is 0.133. The summed E-state index contributed by atoms with van der Waals surface area (Å²) in [7, 11) is 0. The van der Waals surface area contributed by atoms with E-state index in [0.29, 0.717) is 17.9 Å². The molecule has 0 aliphatic heterocycles. The van der Waals surface area contributed by atoms with Crippen LogP contribution in [0, 0.1) is 5.82 Å². The summed E-state index contributed by atoms with van der Waals surface area (Å²) in [5.41, 5.74) is 2.48. The molecule has 5 heteroatoms. The highest BCUT2D eigenvalue weighted by molar-refractivity contribution is 6.31. The summed E-state index contributed by atoms with van der Waals surface area (Å²) in [6.07, 6.45) is 0. The quantitative estimate of drug-likeness (QED) is 0.646. The third-order valence-corrected chi connectivity index (χ3v) is 3.70. The van der Waals surface area contributed by atoms with Gasteiger partial charge in [-0.05, 0) is 11.6 Å². The zero-order chi connectivity index (χ0) is 14.1. The molecule has 102 valence electrons. The van der Waals surface area contributed by atoms with Crippen LogP contribution in [0.3, 0.4) is 0 Å². The Balaban J connectivity index is 2.15. The molecule has 1 heterocycles. The van der Waals surface area contributed by atoms with E-state index in [-0.39, 0.29) is 10.9 Å². The Morgan fingerprint density at radius 1 is 1.15 bits per heavy atom. The van der Waals surface area contributed by atoms with Crippen LogP contribution in [0.15, 0.2) is 42.5 Å². The monoisotopic (exact) mass is 308 g/mol. The third-order valence-electron chi connectivity index (χ3n) is 3.17.